The molecule has 0 aliphatic rings. The Morgan fingerprint density at radius 3 is 1.31 bits per heavy atom. The van der Waals surface area contributed by atoms with Crippen molar-refractivity contribution in [3.8, 4) is 0 Å². The van der Waals surface area contributed by atoms with Gasteiger partial charge in [0.25, 0.3) is 0 Å². The van der Waals surface area contributed by atoms with Crippen molar-refractivity contribution in [2.45, 2.75) is 13.8 Å². The van der Waals surface area contributed by atoms with E-state index in [-0.39, 0.29) is 51.4 Å². The molecule has 0 rings (SSSR count). The number of carboxylic acids is 2. The molecule has 0 aliphatic heterocycles. The van der Waals surface area contributed by atoms with Gasteiger partial charge in [-0.05, 0) is 13.8 Å². The van der Waals surface area contributed by atoms with E-state index in [4.69, 9.17) is 14.9 Å². The molecule has 0 heterocycles. The Hall–Kier alpha value is -0.404. The summed E-state index contributed by atoms with van der Waals surface area (Å²) < 4.78 is 4.86. The van der Waals surface area contributed by atoms with Crippen LogP contribution in [-0.4, -0.2) is 73.5 Å². The summed E-state index contributed by atoms with van der Waals surface area (Å²) in [5.74, 6) is -1.14. The van der Waals surface area contributed by atoms with Gasteiger partial charge in [-0.15, -0.1) is 0 Å². The second-order valence-corrected chi connectivity index (χ2v) is 2.52. The predicted octanol–water partition coefficient (Wildman–Crippen LogP) is 1.13. The zero-order chi connectivity index (χ0) is 12.4. The molecular formula is C10H15KO5. The van der Waals surface area contributed by atoms with Crippen LogP contribution in [0.15, 0.2) is 36.8 Å². The van der Waals surface area contributed by atoms with Crippen molar-refractivity contribution in [1.82, 2.24) is 0 Å². The first-order valence-electron chi connectivity index (χ1n) is 3.88. The first-order chi connectivity index (χ1) is 6.75. The molecule has 0 aromatic rings. The molecule has 6 heteroatoms. The Labute approximate surface area is 137 Å². The first kappa shape index (κ1) is 20.9. The third kappa shape index (κ3) is 29.2. The molecule has 0 radical (unpaired) electrons. The summed E-state index contributed by atoms with van der Waals surface area (Å²) in [6, 6.07) is 0. The third-order valence-corrected chi connectivity index (χ3v) is 0.717. The van der Waals surface area contributed by atoms with E-state index in [2.05, 4.69) is 13.2 Å². The number of allylic oxidation sites excluding steroid dienone is 2. The van der Waals surface area contributed by atoms with Crippen molar-refractivity contribution in [3.05, 3.63) is 36.8 Å². The van der Waals surface area contributed by atoms with Crippen LogP contribution in [0.4, 0.5) is 0 Å². The van der Waals surface area contributed by atoms with E-state index in [9.17, 15) is 9.59 Å². The Balaban J connectivity index is -0.000000200. The number of carbonyl (C=O) groups is 2. The number of hydrogen-bond acceptors (Lipinski definition) is 3. The molecule has 0 saturated carbocycles. The van der Waals surface area contributed by atoms with Gasteiger partial charge >= 0.3 is 63.3 Å². The van der Waals surface area contributed by atoms with Crippen molar-refractivity contribution < 1.29 is 24.5 Å². The summed E-state index contributed by atoms with van der Waals surface area (Å²) in [5.41, 5.74) is 0. The minimum absolute atomic E-state index is 0. The average molecular weight is 254 g/mol. The molecular weight excluding hydrogens is 239 g/mol. The monoisotopic (exact) mass is 254 g/mol. The molecule has 0 aromatic heterocycles. The predicted molar refractivity (Wildman–Crippen MR) is 62.3 cm³/mol. The summed E-state index contributed by atoms with van der Waals surface area (Å²) in [6.07, 6.45) is 1.12. The maximum atomic E-state index is 9.55. The standard InChI is InChI=1S/C6H10O.C4H4O4.K.H/c1-5(2)7-6(3)4;5-3(6)1-2-4(7)8;;/h1,3H2,2,4H3;1-2H,(H,5,6)(H,7,8);;. The van der Waals surface area contributed by atoms with Crippen LogP contribution >= 0.6 is 0 Å². The molecule has 0 aliphatic carbocycles. The van der Waals surface area contributed by atoms with Crippen LogP contribution in [0.3, 0.4) is 0 Å². The van der Waals surface area contributed by atoms with Crippen LogP contribution in [0.2, 0.25) is 0 Å². The summed E-state index contributed by atoms with van der Waals surface area (Å²) in [7, 11) is 0. The van der Waals surface area contributed by atoms with E-state index in [0.717, 1.165) is 0 Å². The van der Waals surface area contributed by atoms with Crippen LogP contribution < -0.4 is 0 Å². The van der Waals surface area contributed by atoms with Crippen molar-refractivity contribution in [2.75, 3.05) is 0 Å². The molecule has 0 saturated heterocycles. The maximum absolute atomic E-state index is 9.55. The molecule has 0 aromatic carbocycles. The Bertz CT molecular complexity index is 266. The molecule has 0 amide bonds. The fraction of sp³-hybridized carbons (Fsp3) is 0.200. The zero-order valence-electron chi connectivity index (χ0n) is 8.69. The fourth-order valence-electron chi connectivity index (χ4n) is 0.440. The summed E-state index contributed by atoms with van der Waals surface area (Å²) in [4.78, 5) is 19.1. The summed E-state index contributed by atoms with van der Waals surface area (Å²) in [6.45, 7) is 10.6. The van der Waals surface area contributed by atoms with Gasteiger partial charge in [0.2, 0.25) is 0 Å². The van der Waals surface area contributed by atoms with Crippen molar-refractivity contribution in [2.24, 2.45) is 0 Å². The fourth-order valence-corrected chi connectivity index (χ4v) is 0.440. The topological polar surface area (TPSA) is 83.8 Å². The van der Waals surface area contributed by atoms with E-state index in [1.165, 1.54) is 0 Å². The van der Waals surface area contributed by atoms with Gasteiger partial charge in [-0.3, -0.25) is 0 Å². The summed E-state index contributed by atoms with van der Waals surface area (Å²) in [5, 5.41) is 15.6. The van der Waals surface area contributed by atoms with Crippen LogP contribution in [0, 0.1) is 0 Å². The second kappa shape index (κ2) is 12.7. The molecule has 0 bridgehead atoms. The van der Waals surface area contributed by atoms with E-state index in [1.807, 2.05) is 0 Å². The Morgan fingerprint density at radius 1 is 1.00 bits per heavy atom. The molecule has 5 nitrogen and oxygen atoms in total. The van der Waals surface area contributed by atoms with Crippen LogP contribution in [0.5, 0.6) is 0 Å². The summed E-state index contributed by atoms with van der Waals surface area (Å²) >= 11 is 0. The van der Waals surface area contributed by atoms with Gasteiger partial charge in [-0.25, -0.2) is 9.59 Å². The Morgan fingerprint density at radius 2 is 1.25 bits per heavy atom. The molecule has 2 N–H and O–H groups in total. The number of hydrogen-bond donors (Lipinski definition) is 2. The number of rotatable bonds is 4. The van der Waals surface area contributed by atoms with Crippen molar-refractivity contribution >= 4 is 63.3 Å². The van der Waals surface area contributed by atoms with Crippen molar-refractivity contribution in [3.63, 3.8) is 0 Å². The molecule has 16 heavy (non-hydrogen) atoms. The van der Waals surface area contributed by atoms with Gasteiger partial charge in [-0.1, -0.05) is 13.2 Å². The quantitative estimate of drug-likeness (QED) is 0.446. The normalized spacial score (nSPS) is 8.12. The molecule has 0 atom stereocenters. The van der Waals surface area contributed by atoms with E-state index >= 15 is 0 Å². The van der Waals surface area contributed by atoms with E-state index in [1.54, 1.807) is 13.8 Å². The molecule has 0 spiro atoms. The van der Waals surface area contributed by atoms with Gasteiger partial charge in [-0.2, -0.15) is 0 Å². The van der Waals surface area contributed by atoms with E-state index < -0.39 is 11.9 Å². The van der Waals surface area contributed by atoms with Gasteiger partial charge in [0, 0.05) is 12.2 Å². The van der Waals surface area contributed by atoms with E-state index in [0.29, 0.717) is 23.7 Å². The average Bonchev–Trinajstić information content (AvgIpc) is 1.99. The van der Waals surface area contributed by atoms with Gasteiger partial charge in [0.15, 0.2) is 0 Å². The van der Waals surface area contributed by atoms with Gasteiger partial charge in [0.1, 0.15) is 0 Å². The van der Waals surface area contributed by atoms with Crippen LogP contribution in [0.1, 0.15) is 13.8 Å². The SMILES string of the molecule is C=C(C)OC(=C)C.O=C(O)C=CC(=O)O.[KH]. The van der Waals surface area contributed by atoms with Gasteiger partial charge in [0.05, 0.1) is 11.5 Å². The number of aliphatic carboxylic acids is 2. The number of carboxylic acid groups (broad SMARTS) is 2. The molecule has 0 unspecified atom stereocenters. The second-order valence-electron chi connectivity index (χ2n) is 2.52. The van der Waals surface area contributed by atoms with Gasteiger partial charge < -0.3 is 14.9 Å². The van der Waals surface area contributed by atoms with Crippen LogP contribution in [0.25, 0.3) is 0 Å². The molecule has 0 fully saturated rings. The minimum atomic E-state index is -1.26. The first-order valence-corrected chi connectivity index (χ1v) is 3.88. The molecule has 86 valence electrons. The zero-order valence-corrected chi connectivity index (χ0v) is 8.69. The van der Waals surface area contributed by atoms with Crippen molar-refractivity contribution in [1.29, 1.82) is 0 Å². The third-order valence-electron chi connectivity index (χ3n) is 0.717. The Kier molecular flexibility index (Phi) is 16.6. The number of ether oxygens (including phenoxy) is 1. The van der Waals surface area contributed by atoms with Crippen LogP contribution in [-0.2, 0) is 14.3 Å².